The number of amides is 2. The van der Waals surface area contributed by atoms with Gasteiger partial charge in [0.25, 0.3) is 0 Å². The minimum absolute atomic E-state index is 0.0289. The maximum atomic E-state index is 12.0. The Morgan fingerprint density at radius 3 is 2.60 bits per heavy atom. The van der Waals surface area contributed by atoms with Gasteiger partial charge < -0.3 is 21.3 Å². The zero-order valence-corrected chi connectivity index (χ0v) is 15.3. The minimum Gasteiger partial charge on any atom is -0.356 e. The van der Waals surface area contributed by atoms with Gasteiger partial charge in [0.1, 0.15) is 5.82 Å². The highest BCUT2D eigenvalue weighted by atomic mass is 16.2. The average molecular weight is 347 g/mol. The Kier molecular flexibility index (Phi) is 6.75. The molecule has 1 aromatic heterocycles. The Hall–Kier alpha value is -2.15. The number of nitrogens with zero attached hydrogens (tertiary/aromatic N) is 2. The first-order valence-corrected chi connectivity index (χ1v) is 8.88. The Balaban J connectivity index is 1.72. The summed E-state index contributed by atoms with van der Waals surface area (Å²) in [6.07, 6.45) is 1.72. The summed E-state index contributed by atoms with van der Waals surface area (Å²) >= 11 is 0. The van der Waals surface area contributed by atoms with Crippen LogP contribution in [0, 0.1) is 12.8 Å². The number of hydrogen-bond acceptors (Lipinski definition) is 5. The number of rotatable bonds is 6. The van der Waals surface area contributed by atoms with E-state index in [1.807, 2.05) is 39.0 Å². The van der Waals surface area contributed by atoms with Gasteiger partial charge >= 0.3 is 0 Å². The summed E-state index contributed by atoms with van der Waals surface area (Å²) in [5.41, 5.74) is 6.76. The van der Waals surface area contributed by atoms with Crippen molar-refractivity contribution in [1.82, 2.24) is 15.6 Å². The van der Waals surface area contributed by atoms with Crippen molar-refractivity contribution in [2.75, 3.05) is 24.5 Å². The van der Waals surface area contributed by atoms with Crippen molar-refractivity contribution in [1.29, 1.82) is 0 Å². The first kappa shape index (κ1) is 19.2. The summed E-state index contributed by atoms with van der Waals surface area (Å²) in [7, 11) is 0. The molecule has 0 aliphatic carbocycles. The van der Waals surface area contributed by atoms with E-state index in [0.717, 1.165) is 37.4 Å². The smallest absolute Gasteiger partial charge is 0.239 e. The summed E-state index contributed by atoms with van der Waals surface area (Å²) < 4.78 is 0. The van der Waals surface area contributed by atoms with Crippen LogP contribution in [0.1, 0.15) is 32.4 Å². The van der Waals surface area contributed by atoms with Crippen LogP contribution in [-0.2, 0) is 9.59 Å². The molecule has 1 aliphatic rings. The van der Waals surface area contributed by atoms with Crippen LogP contribution in [0.3, 0.4) is 0 Å². The third-order valence-corrected chi connectivity index (χ3v) is 4.50. The van der Waals surface area contributed by atoms with E-state index in [-0.39, 0.29) is 30.3 Å². The lowest BCUT2D eigenvalue weighted by Gasteiger charge is -2.33. The lowest BCUT2D eigenvalue weighted by molar-refractivity contribution is -0.127. The molecule has 25 heavy (non-hydrogen) atoms. The highest BCUT2D eigenvalue weighted by molar-refractivity contribution is 5.87. The van der Waals surface area contributed by atoms with Gasteiger partial charge in [-0.05, 0) is 37.8 Å². The lowest BCUT2D eigenvalue weighted by Crippen LogP contribution is -2.50. The molecule has 1 aliphatic heterocycles. The van der Waals surface area contributed by atoms with Gasteiger partial charge in [-0.2, -0.15) is 0 Å². The third kappa shape index (κ3) is 5.70. The van der Waals surface area contributed by atoms with Crippen LogP contribution in [0.25, 0.3) is 0 Å². The molecule has 1 aromatic rings. The molecule has 2 amide bonds. The molecular formula is C18H29N5O2. The first-order valence-electron chi connectivity index (χ1n) is 8.88. The number of aromatic nitrogens is 1. The molecule has 0 bridgehead atoms. The average Bonchev–Trinajstić information content (AvgIpc) is 2.59. The second kappa shape index (κ2) is 8.80. The third-order valence-electron chi connectivity index (χ3n) is 4.50. The van der Waals surface area contributed by atoms with Gasteiger partial charge in [0.2, 0.25) is 11.8 Å². The van der Waals surface area contributed by atoms with Crippen molar-refractivity contribution in [3.8, 4) is 0 Å². The van der Waals surface area contributed by atoms with Crippen molar-refractivity contribution >= 4 is 17.6 Å². The molecule has 0 aromatic carbocycles. The van der Waals surface area contributed by atoms with Gasteiger partial charge in [-0.1, -0.05) is 19.9 Å². The van der Waals surface area contributed by atoms with Crippen molar-refractivity contribution in [2.45, 2.75) is 45.7 Å². The zero-order valence-electron chi connectivity index (χ0n) is 15.3. The molecule has 7 heteroatoms. The molecule has 4 N–H and O–H groups in total. The normalized spacial score (nSPS) is 16.6. The number of aryl methyl sites for hydroxylation is 1. The Labute approximate surface area is 149 Å². The predicted octanol–water partition coefficient (Wildman–Crippen LogP) is 0.575. The van der Waals surface area contributed by atoms with Crippen LogP contribution < -0.4 is 21.3 Å². The SMILES string of the molecule is Cc1cccc(N2CCC(NC(=O)CNC(=O)[C@@H](N)C(C)C)CC2)n1. The van der Waals surface area contributed by atoms with Gasteiger partial charge in [-0.25, -0.2) is 4.98 Å². The van der Waals surface area contributed by atoms with Crippen LogP contribution in [-0.4, -0.2) is 48.5 Å². The fourth-order valence-electron chi connectivity index (χ4n) is 2.82. The van der Waals surface area contributed by atoms with E-state index in [1.54, 1.807) is 0 Å². The van der Waals surface area contributed by atoms with Crippen molar-refractivity contribution in [3.63, 3.8) is 0 Å². The van der Waals surface area contributed by atoms with E-state index in [9.17, 15) is 9.59 Å². The summed E-state index contributed by atoms with van der Waals surface area (Å²) in [5, 5.41) is 5.58. The number of piperidine rings is 1. The number of carbonyl (C=O) groups is 2. The predicted molar refractivity (Wildman–Crippen MR) is 98.2 cm³/mol. The molecule has 1 atom stereocenters. The number of nitrogens with two attached hydrogens (primary N) is 1. The Morgan fingerprint density at radius 2 is 2.00 bits per heavy atom. The molecule has 1 fully saturated rings. The second-order valence-electron chi connectivity index (χ2n) is 6.95. The van der Waals surface area contributed by atoms with E-state index < -0.39 is 6.04 Å². The molecule has 0 spiro atoms. The van der Waals surface area contributed by atoms with Gasteiger partial charge in [0, 0.05) is 24.8 Å². The second-order valence-corrected chi connectivity index (χ2v) is 6.95. The number of carbonyl (C=O) groups excluding carboxylic acids is 2. The zero-order chi connectivity index (χ0) is 18.4. The Morgan fingerprint density at radius 1 is 1.32 bits per heavy atom. The van der Waals surface area contributed by atoms with Crippen molar-refractivity contribution in [3.05, 3.63) is 23.9 Å². The van der Waals surface area contributed by atoms with Crippen molar-refractivity contribution in [2.24, 2.45) is 11.7 Å². The Bertz CT molecular complexity index is 597. The highest BCUT2D eigenvalue weighted by Gasteiger charge is 2.22. The van der Waals surface area contributed by atoms with Crippen LogP contribution >= 0.6 is 0 Å². The number of nitrogens with one attached hydrogen (secondary N) is 2. The molecule has 1 saturated heterocycles. The molecule has 7 nitrogen and oxygen atoms in total. The van der Waals surface area contributed by atoms with Gasteiger partial charge in [0.15, 0.2) is 0 Å². The fourth-order valence-corrected chi connectivity index (χ4v) is 2.82. The van der Waals surface area contributed by atoms with E-state index in [4.69, 9.17) is 5.73 Å². The number of hydrogen-bond donors (Lipinski definition) is 3. The molecule has 0 saturated carbocycles. The monoisotopic (exact) mass is 347 g/mol. The largest absolute Gasteiger partial charge is 0.356 e. The fraction of sp³-hybridized carbons (Fsp3) is 0.611. The van der Waals surface area contributed by atoms with Crippen LogP contribution in [0.2, 0.25) is 0 Å². The van der Waals surface area contributed by atoms with Crippen molar-refractivity contribution < 1.29 is 9.59 Å². The maximum Gasteiger partial charge on any atom is 0.239 e. The number of pyridine rings is 1. The highest BCUT2D eigenvalue weighted by Crippen LogP contribution is 2.18. The van der Waals surface area contributed by atoms with Crippen LogP contribution in [0.15, 0.2) is 18.2 Å². The van der Waals surface area contributed by atoms with E-state index in [2.05, 4.69) is 20.5 Å². The summed E-state index contributed by atoms with van der Waals surface area (Å²) in [5.74, 6) is 0.573. The molecule has 138 valence electrons. The van der Waals surface area contributed by atoms with Gasteiger partial charge in [-0.3, -0.25) is 9.59 Å². The maximum absolute atomic E-state index is 12.0. The number of anilines is 1. The van der Waals surface area contributed by atoms with Crippen LogP contribution in [0.4, 0.5) is 5.82 Å². The first-order chi connectivity index (χ1) is 11.9. The molecular weight excluding hydrogens is 318 g/mol. The standard InChI is InChI=1S/C18H29N5O2/c1-12(2)17(19)18(25)20-11-16(24)22-14-7-9-23(10-8-14)15-6-4-5-13(3)21-15/h4-6,12,14,17H,7-11,19H2,1-3H3,(H,20,25)(H,22,24)/t17-/m0/s1. The molecule has 2 rings (SSSR count). The van der Waals surface area contributed by atoms with Crippen LogP contribution in [0.5, 0.6) is 0 Å². The molecule has 0 unspecified atom stereocenters. The van der Waals surface area contributed by atoms with E-state index in [1.165, 1.54) is 0 Å². The van der Waals surface area contributed by atoms with Gasteiger partial charge in [-0.15, -0.1) is 0 Å². The lowest BCUT2D eigenvalue weighted by atomic mass is 10.0. The molecule has 0 radical (unpaired) electrons. The topological polar surface area (TPSA) is 100 Å². The molecule has 2 heterocycles. The van der Waals surface area contributed by atoms with E-state index in [0.29, 0.717) is 0 Å². The van der Waals surface area contributed by atoms with Gasteiger partial charge in [0.05, 0.1) is 12.6 Å². The summed E-state index contributed by atoms with van der Waals surface area (Å²) in [4.78, 5) is 30.6. The summed E-state index contributed by atoms with van der Waals surface area (Å²) in [6.45, 7) is 7.41. The quantitative estimate of drug-likeness (QED) is 0.699. The minimum atomic E-state index is -0.585. The van der Waals surface area contributed by atoms with E-state index >= 15 is 0 Å². The summed E-state index contributed by atoms with van der Waals surface area (Å²) in [6, 6.07) is 5.55.